The Hall–Kier alpha value is -2.82. The number of benzene rings is 2. The minimum Gasteiger partial charge on any atom is -0.495 e. The van der Waals surface area contributed by atoms with Crippen molar-refractivity contribution >= 4 is 17.6 Å². The maximum Gasteiger partial charge on any atom is 0.332 e. The second kappa shape index (κ2) is 5.52. The summed E-state index contributed by atoms with van der Waals surface area (Å²) >= 11 is 0. The second-order valence-electron chi connectivity index (χ2n) is 5.05. The van der Waals surface area contributed by atoms with Gasteiger partial charge in [0, 0.05) is 7.05 Å². The molecule has 22 heavy (non-hydrogen) atoms. The number of amides is 3. The van der Waals surface area contributed by atoms with E-state index in [1.807, 2.05) is 30.3 Å². The van der Waals surface area contributed by atoms with Crippen LogP contribution in [0.3, 0.4) is 0 Å². The fourth-order valence-electron chi connectivity index (χ4n) is 2.69. The van der Waals surface area contributed by atoms with Crippen molar-refractivity contribution in [2.45, 2.75) is 6.04 Å². The van der Waals surface area contributed by atoms with Crippen molar-refractivity contribution in [3.63, 3.8) is 0 Å². The van der Waals surface area contributed by atoms with Gasteiger partial charge in [-0.2, -0.15) is 0 Å². The number of rotatable bonds is 3. The van der Waals surface area contributed by atoms with Crippen molar-refractivity contribution in [2.24, 2.45) is 0 Å². The highest BCUT2D eigenvalue weighted by Crippen LogP contribution is 2.37. The van der Waals surface area contributed by atoms with Crippen molar-refractivity contribution in [2.75, 3.05) is 19.1 Å². The highest BCUT2D eigenvalue weighted by molar-refractivity contribution is 6.22. The summed E-state index contributed by atoms with van der Waals surface area (Å²) < 4.78 is 5.27. The van der Waals surface area contributed by atoms with Gasteiger partial charge in [0.2, 0.25) is 0 Å². The lowest BCUT2D eigenvalue weighted by Crippen LogP contribution is -2.31. The summed E-state index contributed by atoms with van der Waals surface area (Å²) in [5.74, 6) is 0.217. The molecule has 1 fully saturated rings. The molecule has 1 saturated heterocycles. The topological polar surface area (TPSA) is 49.9 Å². The number of ether oxygens (including phenoxy) is 1. The molecule has 1 aliphatic rings. The van der Waals surface area contributed by atoms with Crippen LogP contribution < -0.4 is 9.64 Å². The van der Waals surface area contributed by atoms with Gasteiger partial charge >= 0.3 is 6.03 Å². The third kappa shape index (κ3) is 2.11. The monoisotopic (exact) mass is 296 g/mol. The van der Waals surface area contributed by atoms with E-state index < -0.39 is 6.04 Å². The SMILES string of the molecule is COc1ccccc1N1C(=O)[C@H](c2ccccc2)N(C)C1=O. The molecule has 1 aliphatic heterocycles. The summed E-state index contributed by atoms with van der Waals surface area (Å²) in [7, 11) is 3.15. The molecule has 1 heterocycles. The number of para-hydroxylation sites is 2. The van der Waals surface area contributed by atoms with Gasteiger partial charge in [0.25, 0.3) is 5.91 Å². The van der Waals surface area contributed by atoms with E-state index in [0.717, 1.165) is 5.56 Å². The van der Waals surface area contributed by atoms with Crippen LogP contribution in [0.2, 0.25) is 0 Å². The molecule has 3 amide bonds. The molecule has 112 valence electrons. The smallest absolute Gasteiger partial charge is 0.332 e. The minimum atomic E-state index is -0.612. The quantitative estimate of drug-likeness (QED) is 0.818. The van der Waals surface area contributed by atoms with Gasteiger partial charge in [-0.15, -0.1) is 0 Å². The first kappa shape index (κ1) is 14.1. The van der Waals surface area contributed by atoms with Crippen LogP contribution >= 0.6 is 0 Å². The highest BCUT2D eigenvalue weighted by Gasteiger charge is 2.45. The zero-order valence-corrected chi connectivity index (χ0v) is 12.4. The summed E-state index contributed by atoms with van der Waals surface area (Å²) in [4.78, 5) is 28.0. The number of hydrogen-bond acceptors (Lipinski definition) is 3. The molecule has 3 rings (SSSR count). The minimum absolute atomic E-state index is 0.275. The molecule has 0 aromatic heterocycles. The van der Waals surface area contributed by atoms with Crippen LogP contribution in [0.15, 0.2) is 54.6 Å². The summed E-state index contributed by atoms with van der Waals surface area (Å²) in [5.41, 5.74) is 1.26. The van der Waals surface area contributed by atoms with Gasteiger partial charge in [-0.3, -0.25) is 4.79 Å². The van der Waals surface area contributed by atoms with Gasteiger partial charge < -0.3 is 9.64 Å². The van der Waals surface area contributed by atoms with Crippen molar-refractivity contribution in [3.8, 4) is 5.75 Å². The first-order chi connectivity index (χ1) is 10.6. The van der Waals surface area contributed by atoms with E-state index in [1.54, 1.807) is 31.3 Å². The molecule has 0 radical (unpaired) electrons. The van der Waals surface area contributed by atoms with E-state index in [1.165, 1.54) is 16.9 Å². The molecular formula is C17H16N2O3. The largest absolute Gasteiger partial charge is 0.495 e. The maximum atomic E-state index is 12.8. The predicted molar refractivity (Wildman–Crippen MR) is 82.8 cm³/mol. The molecule has 0 aliphatic carbocycles. The Morgan fingerprint density at radius 3 is 2.27 bits per heavy atom. The molecule has 2 aromatic carbocycles. The first-order valence-corrected chi connectivity index (χ1v) is 6.94. The lowest BCUT2D eigenvalue weighted by atomic mass is 10.1. The third-order valence-corrected chi connectivity index (χ3v) is 3.78. The number of anilines is 1. The Bertz CT molecular complexity index is 715. The van der Waals surface area contributed by atoms with Gasteiger partial charge in [-0.1, -0.05) is 42.5 Å². The van der Waals surface area contributed by atoms with Gasteiger partial charge in [0.15, 0.2) is 0 Å². The van der Waals surface area contributed by atoms with Crippen LogP contribution in [0.4, 0.5) is 10.5 Å². The molecule has 0 spiro atoms. The number of carbonyl (C=O) groups is 2. The normalized spacial score (nSPS) is 18.0. The molecule has 1 atom stereocenters. The summed E-state index contributed by atoms with van der Waals surface area (Å²) in [6.45, 7) is 0. The summed E-state index contributed by atoms with van der Waals surface area (Å²) in [6.07, 6.45) is 0. The zero-order chi connectivity index (χ0) is 15.7. The molecular weight excluding hydrogens is 280 g/mol. The maximum absolute atomic E-state index is 12.8. The second-order valence-corrected chi connectivity index (χ2v) is 5.05. The Morgan fingerprint density at radius 1 is 0.955 bits per heavy atom. The lowest BCUT2D eigenvalue weighted by Gasteiger charge is -2.16. The van der Waals surface area contributed by atoms with Gasteiger partial charge in [0.05, 0.1) is 12.8 Å². The average Bonchev–Trinajstić information content (AvgIpc) is 2.78. The van der Waals surface area contributed by atoms with Crippen LogP contribution in [0.5, 0.6) is 5.75 Å². The highest BCUT2D eigenvalue weighted by atomic mass is 16.5. The summed E-state index contributed by atoms with van der Waals surface area (Å²) in [6, 6.07) is 15.3. The zero-order valence-electron chi connectivity index (χ0n) is 12.4. The Morgan fingerprint density at radius 2 is 1.59 bits per heavy atom. The fraction of sp³-hybridized carbons (Fsp3) is 0.176. The molecule has 0 saturated carbocycles. The molecule has 5 heteroatoms. The van der Waals surface area contributed by atoms with E-state index >= 15 is 0 Å². The fourth-order valence-corrected chi connectivity index (χ4v) is 2.69. The standard InChI is InChI=1S/C17H16N2O3/c1-18-15(12-8-4-3-5-9-12)16(20)19(17(18)21)13-10-6-7-11-14(13)22-2/h3-11,15H,1-2H3/t15-/m0/s1. The van der Waals surface area contributed by atoms with Gasteiger partial charge in [-0.25, -0.2) is 9.69 Å². The third-order valence-electron chi connectivity index (χ3n) is 3.78. The average molecular weight is 296 g/mol. The molecule has 0 bridgehead atoms. The predicted octanol–water partition coefficient (Wildman–Crippen LogP) is 2.83. The van der Waals surface area contributed by atoms with Crippen LogP contribution in [-0.2, 0) is 4.79 Å². The van der Waals surface area contributed by atoms with Crippen molar-refractivity contribution in [1.82, 2.24) is 4.90 Å². The van der Waals surface area contributed by atoms with Crippen LogP contribution in [0.25, 0.3) is 0 Å². The van der Waals surface area contributed by atoms with E-state index in [0.29, 0.717) is 11.4 Å². The Kier molecular flexibility index (Phi) is 3.55. The number of imide groups is 1. The lowest BCUT2D eigenvalue weighted by molar-refractivity contribution is -0.119. The van der Waals surface area contributed by atoms with Crippen LogP contribution in [0.1, 0.15) is 11.6 Å². The molecule has 2 aromatic rings. The number of methoxy groups -OCH3 is 1. The van der Waals surface area contributed by atoms with Gasteiger partial charge in [0.1, 0.15) is 11.8 Å². The molecule has 5 nitrogen and oxygen atoms in total. The number of urea groups is 1. The van der Waals surface area contributed by atoms with Crippen molar-refractivity contribution < 1.29 is 14.3 Å². The van der Waals surface area contributed by atoms with Crippen molar-refractivity contribution in [1.29, 1.82) is 0 Å². The van der Waals surface area contributed by atoms with E-state index in [-0.39, 0.29) is 11.9 Å². The Balaban J connectivity index is 2.04. The van der Waals surface area contributed by atoms with Crippen LogP contribution in [0, 0.1) is 0 Å². The first-order valence-electron chi connectivity index (χ1n) is 6.94. The molecule has 0 unspecified atom stereocenters. The van der Waals surface area contributed by atoms with E-state index in [9.17, 15) is 9.59 Å². The number of hydrogen-bond donors (Lipinski definition) is 0. The molecule has 0 N–H and O–H groups in total. The van der Waals surface area contributed by atoms with Gasteiger partial charge in [-0.05, 0) is 17.7 Å². The van der Waals surface area contributed by atoms with Crippen molar-refractivity contribution in [3.05, 3.63) is 60.2 Å². The number of nitrogens with zero attached hydrogens (tertiary/aromatic N) is 2. The Labute approximate surface area is 128 Å². The number of likely N-dealkylation sites (N-methyl/N-ethyl adjacent to an activating group) is 1. The van der Waals surface area contributed by atoms with E-state index in [2.05, 4.69) is 0 Å². The van der Waals surface area contributed by atoms with E-state index in [4.69, 9.17) is 4.74 Å². The number of carbonyl (C=O) groups excluding carboxylic acids is 2. The summed E-state index contributed by atoms with van der Waals surface area (Å²) in [5, 5.41) is 0. The van der Waals surface area contributed by atoms with Crippen LogP contribution in [-0.4, -0.2) is 31.0 Å².